The molecule has 1 aromatic heterocycles. The summed E-state index contributed by atoms with van der Waals surface area (Å²) in [6, 6.07) is 13.4. The van der Waals surface area contributed by atoms with Gasteiger partial charge in [0, 0.05) is 38.4 Å². The van der Waals surface area contributed by atoms with Gasteiger partial charge in [0.1, 0.15) is 0 Å². The first-order chi connectivity index (χ1) is 13.6. The van der Waals surface area contributed by atoms with E-state index < -0.39 is 0 Å². The fraction of sp³-hybridized carbons (Fsp3) is 0.478. The molecule has 1 fully saturated rings. The molecule has 2 aromatic rings. The Kier molecular flexibility index (Phi) is 7.43. The van der Waals surface area contributed by atoms with Crippen molar-refractivity contribution in [1.82, 2.24) is 20.5 Å². The second kappa shape index (κ2) is 10.2. The maximum Gasteiger partial charge on any atom is 0.191 e. The maximum atomic E-state index is 4.75. The molecule has 1 aromatic carbocycles. The van der Waals surface area contributed by atoms with Gasteiger partial charge in [0.05, 0.1) is 12.2 Å². The quantitative estimate of drug-likeness (QED) is 0.596. The zero-order valence-electron chi connectivity index (χ0n) is 17.4. The van der Waals surface area contributed by atoms with E-state index in [0.717, 1.165) is 50.7 Å². The molecule has 5 heteroatoms. The Morgan fingerprint density at radius 3 is 2.71 bits per heavy atom. The summed E-state index contributed by atoms with van der Waals surface area (Å²) in [5.74, 6) is 0.893. The van der Waals surface area contributed by atoms with Gasteiger partial charge in [-0.2, -0.15) is 0 Å². The normalized spacial score (nSPS) is 16.2. The predicted molar refractivity (Wildman–Crippen MR) is 116 cm³/mol. The van der Waals surface area contributed by atoms with E-state index in [1.54, 1.807) is 0 Å². The van der Waals surface area contributed by atoms with Crippen molar-refractivity contribution in [2.24, 2.45) is 4.99 Å². The Hall–Kier alpha value is -2.40. The molecule has 3 rings (SSSR count). The van der Waals surface area contributed by atoms with Gasteiger partial charge in [0.2, 0.25) is 0 Å². The highest BCUT2D eigenvalue weighted by Crippen LogP contribution is 2.15. The highest BCUT2D eigenvalue weighted by Gasteiger charge is 2.20. The molecular weight excluding hydrogens is 346 g/mol. The number of rotatable bonds is 6. The first-order valence-electron chi connectivity index (χ1n) is 10.4. The van der Waals surface area contributed by atoms with Crippen LogP contribution in [0.5, 0.6) is 0 Å². The summed E-state index contributed by atoms with van der Waals surface area (Å²) >= 11 is 0. The minimum atomic E-state index is 0.469. The lowest BCUT2D eigenvalue weighted by Crippen LogP contribution is -2.48. The van der Waals surface area contributed by atoms with Gasteiger partial charge in [-0.05, 0) is 50.8 Å². The predicted octanol–water partition coefficient (Wildman–Crippen LogP) is 3.42. The van der Waals surface area contributed by atoms with Crippen LogP contribution in [-0.2, 0) is 13.1 Å². The number of aliphatic imine (C=N–C) groups is 1. The lowest BCUT2D eigenvalue weighted by atomic mass is 10.0. The third-order valence-corrected chi connectivity index (χ3v) is 5.27. The summed E-state index contributed by atoms with van der Waals surface area (Å²) in [4.78, 5) is 11.7. The fourth-order valence-corrected chi connectivity index (χ4v) is 3.66. The van der Waals surface area contributed by atoms with Crippen LogP contribution in [0.15, 0.2) is 47.6 Å². The summed E-state index contributed by atoms with van der Waals surface area (Å²) in [7, 11) is 0. The van der Waals surface area contributed by atoms with Crippen molar-refractivity contribution in [3.05, 3.63) is 65.0 Å². The summed E-state index contributed by atoms with van der Waals surface area (Å²) in [5, 5.41) is 7.00. The van der Waals surface area contributed by atoms with Crippen LogP contribution in [-0.4, -0.2) is 41.5 Å². The molecule has 0 aliphatic carbocycles. The van der Waals surface area contributed by atoms with Gasteiger partial charge in [0.25, 0.3) is 0 Å². The Balaban J connectivity index is 1.51. The average molecular weight is 380 g/mol. The Labute approximate surface area is 169 Å². The first kappa shape index (κ1) is 20.3. The van der Waals surface area contributed by atoms with Crippen LogP contribution in [0, 0.1) is 13.8 Å². The number of nitrogens with one attached hydrogen (secondary N) is 2. The molecule has 1 saturated heterocycles. The van der Waals surface area contributed by atoms with Crippen molar-refractivity contribution in [2.45, 2.75) is 52.7 Å². The molecule has 0 spiro atoms. The lowest BCUT2D eigenvalue weighted by Gasteiger charge is -2.33. The molecule has 0 atom stereocenters. The Bertz CT molecular complexity index is 778. The number of pyridine rings is 1. The van der Waals surface area contributed by atoms with Crippen LogP contribution in [0.2, 0.25) is 0 Å². The van der Waals surface area contributed by atoms with Crippen molar-refractivity contribution in [1.29, 1.82) is 0 Å². The van der Waals surface area contributed by atoms with Gasteiger partial charge < -0.3 is 10.6 Å². The number of guanidine groups is 1. The van der Waals surface area contributed by atoms with E-state index in [2.05, 4.69) is 71.6 Å². The second-order valence-corrected chi connectivity index (χ2v) is 7.65. The zero-order chi connectivity index (χ0) is 19.8. The molecule has 0 amide bonds. The molecule has 2 heterocycles. The third-order valence-electron chi connectivity index (χ3n) is 5.27. The van der Waals surface area contributed by atoms with Gasteiger partial charge in [-0.3, -0.25) is 9.88 Å². The minimum Gasteiger partial charge on any atom is -0.357 e. The van der Waals surface area contributed by atoms with Gasteiger partial charge >= 0.3 is 0 Å². The van der Waals surface area contributed by atoms with Crippen molar-refractivity contribution in [2.75, 3.05) is 19.6 Å². The van der Waals surface area contributed by atoms with Gasteiger partial charge in [-0.1, -0.05) is 35.9 Å². The van der Waals surface area contributed by atoms with Crippen LogP contribution in [0.1, 0.15) is 42.1 Å². The van der Waals surface area contributed by atoms with Crippen molar-refractivity contribution >= 4 is 5.96 Å². The van der Waals surface area contributed by atoms with Crippen molar-refractivity contribution in [3.63, 3.8) is 0 Å². The average Bonchev–Trinajstić information content (AvgIpc) is 2.69. The molecule has 1 aliphatic rings. The SMILES string of the molecule is CCNC(=NCc1ncccc1C)NC1CCN(Cc2cccc(C)c2)CC1. The summed E-state index contributed by atoms with van der Waals surface area (Å²) < 4.78 is 0. The number of hydrogen-bond acceptors (Lipinski definition) is 3. The van der Waals surface area contributed by atoms with E-state index in [9.17, 15) is 0 Å². The molecular formula is C23H33N5. The van der Waals surface area contributed by atoms with Crippen LogP contribution in [0.3, 0.4) is 0 Å². The first-order valence-corrected chi connectivity index (χ1v) is 10.4. The molecule has 28 heavy (non-hydrogen) atoms. The highest BCUT2D eigenvalue weighted by atomic mass is 15.2. The standard InChI is InChI=1S/C23H33N5/c1-4-24-23(26-16-22-19(3)8-6-12-25-22)27-21-10-13-28(14-11-21)17-20-9-5-7-18(2)15-20/h5-9,12,15,21H,4,10-11,13-14,16-17H2,1-3H3,(H2,24,26,27). The van der Waals surface area contributed by atoms with Gasteiger partial charge in [-0.15, -0.1) is 0 Å². The van der Waals surface area contributed by atoms with E-state index in [1.165, 1.54) is 16.7 Å². The van der Waals surface area contributed by atoms with Crippen molar-refractivity contribution < 1.29 is 0 Å². The molecule has 5 nitrogen and oxygen atoms in total. The number of hydrogen-bond donors (Lipinski definition) is 2. The zero-order valence-corrected chi connectivity index (χ0v) is 17.4. The minimum absolute atomic E-state index is 0.469. The molecule has 0 saturated carbocycles. The van der Waals surface area contributed by atoms with Gasteiger partial charge in [-0.25, -0.2) is 4.99 Å². The summed E-state index contributed by atoms with van der Waals surface area (Å²) in [6.07, 6.45) is 4.11. The smallest absolute Gasteiger partial charge is 0.191 e. The van der Waals surface area contributed by atoms with Crippen molar-refractivity contribution in [3.8, 4) is 0 Å². The van der Waals surface area contributed by atoms with Crippen LogP contribution in [0.25, 0.3) is 0 Å². The monoisotopic (exact) mass is 379 g/mol. The summed E-state index contributed by atoms with van der Waals surface area (Å²) in [6.45, 7) is 11.1. The molecule has 150 valence electrons. The van der Waals surface area contributed by atoms with E-state index >= 15 is 0 Å². The highest BCUT2D eigenvalue weighted by molar-refractivity contribution is 5.80. The molecule has 0 unspecified atom stereocenters. The van der Waals surface area contributed by atoms with E-state index in [1.807, 2.05) is 12.3 Å². The van der Waals surface area contributed by atoms with Crippen LogP contribution < -0.4 is 10.6 Å². The Morgan fingerprint density at radius 1 is 1.18 bits per heavy atom. The number of likely N-dealkylation sites (tertiary alicyclic amines) is 1. The van der Waals surface area contributed by atoms with E-state index in [4.69, 9.17) is 4.99 Å². The summed E-state index contributed by atoms with van der Waals surface area (Å²) in [5.41, 5.74) is 4.97. The number of nitrogens with zero attached hydrogens (tertiary/aromatic N) is 3. The number of aryl methyl sites for hydroxylation is 2. The molecule has 2 N–H and O–H groups in total. The lowest BCUT2D eigenvalue weighted by molar-refractivity contribution is 0.198. The third kappa shape index (κ3) is 6.06. The molecule has 0 radical (unpaired) electrons. The van der Waals surface area contributed by atoms with Crippen LogP contribution in [0.4, 0.5) is 0 Å². The number of piperidine rings is 1. The van der Waals surface area contributed by atoms with Crippen LogP contribution >= 0.6 is 0 Å². The van der Waals surface area contributed by atoms with E-state index in [-0.39, 0.29) is 0 Å². The molecule has 1 aliphatic heterocycles. The fourth-order valence-electron chi connectivity index (χ4n) is 3.66. The van der Waals surface area contributed by atoms with E-state index in [0.29, 0.717) is 12.6 Å². The maximum absolute atomic E-state index is 4.75. The number of benzene rings is 1. The van der Waals surface area contributed by atoms with Gasteiger partial charge in [0.15, 0.2) is 5.96 Å². The largest absolute Gasteiger partial charge is 0.357 e. The number of aromatic nitrogens is 1. The topological polar surface area (TPSA) is 52.6 Å². The molecule has 0 bridgehead atoms. The Morgan fingerprint density at radius 2 is 2.00 bits per heavy atom. The second-order valence-electron chi connectivity index (χ2n) is 7.65.